The Morgan fingerprint density at radius 2 is 1.92 bits per heavy atom. The Hall–Kier alpha value is -3.35. The van der Waals surface area contributed by atoms with E-state index in [1.807, 2.05) is 29.8 Å². The number of aromatic amines is 1. The van der Waals surface area contributed by atoms with Gasteiger partial charge in [-0.05, 0) is 57.2 Å². The number of hydrogen-bond acceptors (Lipinski definition) is 7. The van der Waals surface area contributed by atoms with Gasteiger partial charge >= 0.3 is 6.18 Å². The first-order chi connectivity index (χ1) is 18.4. The van der Waals surface area contributed by atoms with Gasteiger partial charge in [-0.15, -0.1) is 10.2 Å². The van der Waals surface area contributed by atoms with Crippen LogP contribution in [0.25, 0.3) is 22.2 Å². The van der Waals surface area contributed by atoms with Crippen LogP contribution in [0.1, 0.15) is 68.7 Å². The molecule has 4 N–H and O–H groups in total. The lowest BCUT2D eigenvalue weighted by atomic mass is 9.72. The van der Waals surface area contributed by atoms with E-state index in [4.69, 9.17) is 0 Å². The minimum absolute atomic E-state index is 0.00809. The molecule has 1 aliphatic rings. The minimum atomic E-state index is -4.76. The van der Waals surface area contributed by atoms with Gasteiger partial charge in [0.15, 0.2) is 5.72 Å². The first-order valence-electron chi connectivity index (χ1n) is 13.0. The van der Waals surface area contributed by atoms with Crippen LogP contribution in [0.4, 0.5) is 13.2 Å². The second-order valence-electron chi connectivity index (χ2n) is 10.7. The number of pyridine rings is 1. The monoisotopic (exact) mass is 543 g/mol. The summed E-state index contributed by atoms with van der Waals surface area (Å²) in [6.07, 6.45) is -0.701. The van der Waals surface area contributed by atoms with E-state index in [0.717, 1.165) is 36.7 Å². The summed E-state index contributed by atoms with van der Waals surface area (Å²) < 4.78 is 43.8. The number of aliphatic hydroxyl groups is 2. The molecule has 0 unspecified atom stereocenters. The van der Waals surface area contributed by atoms with E-state index in [1.54, 1.807) is 19.3 Å². The number of rotatable bonds is 8. The van der Waals surface area contributed by atoms with Crippen LogP contribution in [-0.4, -0.2) is 52.3 Å². The number of hydrogen-bond donors (Lipinski definition) is 4. The number of nitrogens with zero attached hydrogens (tertiary/aromatic N) is 5. The molecule has 39 heavy (non-hydrogen) atoms. The molecule has 1 saturated carbocycles. The van der Waals surface area contributed by atoms with Crippen LogP contribution in [-0.2, 0) is 18.9 Å². The molecule has 12 heteroatoms. The van der Waals surface area contributed by atoms with Gasteiger partial charge in [-0.3, -0.25) is 10.4 Å². The lowest BCUT2D eigenvalue weighted by Crippen LogP contribution is -2.49. The molecule has 3 heterocycles. The Balaban J connectivity index is 1.64. The topological polar surface area (TPSA) is 125 Å². The SMILES string of the molecule is C[C@H](O)[C@@H](C)N[C@](C)(O)c1nc(C(F)(F)F)cc2c(-c3cccc([C@H](c4nncn4C)C4CCC4)c3)n[nH]c12. The van der Waals surface area contributed by atoms with Gasteiger partial charge in [0.1, 0.15) is 29.2 Å². The standard InChI is InChI=1S/C27H32F3N7O2/c1-14(15(2)38)33-26(3,39)24-23-19(12-20(32-24)27(28,29)30)22(34-35-23)18-10-6-9-17(11-18)21(16-7-5-8-16)25-36-31-13-37(25)4/h6,9-16,21,33,38-39H,5,7-8H2,1-4H3,(H,34,35)/t14-,15+,21-,26-/m1/s1. The van der Waals surface area contributed by atoms with E-state index in [-0.39, 0.29) is 22.5 Å². The van der Waals surface area contributed by atoms with Crippen molar-refractivity contribution in [2.75, 3.05) is 0 Å². The molecule has 3 aromatic heterocycles. The molecule has 0 aliphatic heterocycles. The third-order valence-corrected chi connectivity index (χ3v) is 7.70. The van der Waals surface area contributed by atoms with Crippen molar-refractivity contribution in [2.45, 2.75) is 70.0 Å². The summed E-state index contributed by atoms with van der Waals surface area (Å²) in [5.41, 5.74) is -1.33. The van der Waals surface area contributed by atoms with Gasteiger partial charge < -0.3 is 14.8 Å². The van der Waals surface area contributed by atoms with Crippen LogP contribution in [0.2, 0.25) is 0 Å². The molecule has 5 rings (SSSR count). The third-order valence-electron chi connectivity index (χ3n) is 7.70. The van der Waals surface area contributed by atoms with Crippen molar-refractivity contribution in [3.63, 3.8) is 0 Å². The predicted octanol–water partition coefficient (Wildman–Crippen LogP) is 4.23. The van der Waals surface area contributed by atoms with E-state index in [2.05, 4.69) is 30.7 Å². The number of H-pyrrole nitrogens is 1. The molecule has 0 amide bonds. The summed E-state index contributed by atoms with van der Waals surface area (Å²) in [6.45, 7) is 4.44. The average molecular weight is 544 g/mol. The summed E-state index contributed by atoms with van der Waals surface area (Å²) in [5.74, 6) is 1.22. The van der Waals surface area contributed by atoms with E-state index >= 15 is 0 Å². The van der Waals surface area contributed by atoms with Crippen LogP contribution in [0.3, 0.4) is 0 Å². The molecule has 4 atom stereocenters. The number of halogens is 3. The predicted molar refractivity (Wildman–Crippen MR) is 138 cm³/mol. The highest BCUT2D eigenvalue weighted by Crippen LogP contribution is 2.44. The molecular weight excluding hydrogens is 511 g/mol. The maximum absolute atomic E-state index is 14.0. The van der Waals surface area contributed by atoms with Crippen molar-refractivity contribution in [1.29, 1.82) is 0 Å². The number of aliphatic hydroxyl groups excluding tert-OH is 1. The molecule has 9 nitrogen and oxygen atoms in total. The van der Waals surface area contributed by atoms with Crippen molar-refractivity contribution in [1.82, 2.24) is 35.3 Å². The summed E-state index contributed by atoms with van der Waals surface area (Å²) >= 11 is 0. The summed E-state index contributed by atoms with van der Waals surface area (Å²) in [5, 5.41) is 39.6. The Labute approximate surface area is 223 Å². The van der Waals surface area contributed by atoms with Crippen molar-refractivity contribution in [3.8, 4) is 11.3 Å². The third kappa shape index (κ3) is 5.15. The maximum Gasteiger partial charge on any atom is 0.433 e. The quantitative estimate of drug-likeness (QED) is 0.245. The van der Waals surface area contributed by atoms with Crippen LogP contribution in [0.15, 0.2) is 36.7 Å². The Bertz CT molecular complexity index is 1470. The molecule has 1 aliphatic carbocycles. The smallest absolute Gasteiger partial charge is 0.392 e. The second kappa shape index (κ2) is 10.00. The highest BCUT2D eigenvalue weighted by atomic mass is 19.4. The van der Waals surface area contributed by atoms with Crippen molar-refractivity contribution < 1.29 is 23.4 Å². The molecule has 1 fully saturated rings. The normalized spacial score (nSPS) is 18.5. The van der Waals surface area contributed by atoms with Gasteiger partial charge in [0.05, 0.1) is 11.6 Å². The fourth-order valence-corrected chi connectivity index (χ4v) is 5.23. The number of nitrogens with one attached hydrogen (secondary N) is 2. The van der Waals surface area contributed by atoms with Gasteiger partial charge in [-0.25, -0.2) is 4.98 Å². The summed E-state index contributed by atoms with van der Waals surface area (Å²) in [4.78, 5) is 3.79. The lowest BCUT2D eigenvalue weighted by molar-refractivity contribution is -0.141. The number of aryl methyl sites for hydroxylation is 1. The number of aromatic nitrogens is 6. The Morgan fingerprint density at radius 1 is 1.18 bits per heavy atom. The Kier molecular flexibility index (Phi) is 6.98. The Morgan fingerprint density at radius 3 is 2.51 bits per heavy atom. The maximum atomic E-state index is 14.0. The lowest BCUT2D eigenvalue weighted by Gasteiger charge is -2.33. The van der Waals surface area contributed by atoms with Gasteiger partial charge in [-0.1, -0.05) is 24.6 Å². The van der Waals surface area contributed by atoms with Gasteiger partial charge in [-0.2, -0.15) is 18.3 Å². The van der Waals surface area contributed by atoms with Crippen LogP contribution < -0.4 is 5.32 Å². The van der Waals surface area contributed by atoms with Crippen LogP contribution >= 0.6 is 0 Å². The minimum Gasteiger partial charge on any atom is -0.392 e. The van der Waals surface area contributed by atoms with Crippen LogP contribution in [0.5, 0.6) is 0 Å². The zero-order valence-electron chi connectivity index (χ0n) is 22.2. The van der Waals surface area contributed by atoms with E-state index in [0.29, 0.717) is 17.2 Å². The van der Waals surface area contributed by atoms with Crippen LogP contribution in [0, 0.1) is 5.92 Å². The first-order valence-corrected chi connectivity index (χ1v) is 13.0. The molecule has 208 valence electrons. The molecular formula is C27H32F3N7O2. The fourth-order valence-electron chi connectivity index (χ4n) is 5.23. The number of fused-ring (bicyclic) bond motifs is 1. The molecule has 0 radical (unpaired) electrons. The second-order valence-corrected chi connectivity index (χ2v) is 10.7. The highest BCUT2D eigenvalue weighted by Gasteiger charge is 2.38. The zero-order valence-corrected chi connectivity index (χ0v) is 22.2. The number of benzene rings is 1. The van der Waals surface area contributed by atoms with Crippen molar-refractivity contribution >= 4 is 10.9 Å². The van der Waals surface area contributed by atoms with E-state index in [1.165, 1.54) is 13.8 Å². The molecule has 1 aromatic carbocycles. The summed E-state index contributed by atoms with van der Waals surface area (Å²) in [6, 6.07) is 7.91. The average Bonchev–Trinajstić information content (AvgIpc) is 3.45. The van der Waals surface area contributed by atoms with Crippen molar-refractivity contribution in [2.24, 2.45) is 13.0 Å². The fraction of sp³-hybridized carbons (Fsp3) is 0.481. The molecule has 0 spiro atoms. The molecule has 0 bridgehead atoms. The van der Waals surface area contributed by atoms with Gasteiger partial charge in [0.25, 0.3) is 0 Å². The molecule has 0 saturated heterocycles. The largest absolute Gasteiger partial charge is 0.433 e. The van der Waals surface area contributed by atoms with E-state index in [9.17, 15) is 23.4 Å². The zero-order chi connectivity index (χ0) is 28.1. The highest BCUT2D eigenvalue weighted by molar-refractivity contribution is 5.94. The molecule has 4 aromatic rings. The van der Waals surface area contributed by atoms with Crippen molar-refractivity contribution in [3.05, 3.63) is 59.4 Å². The van der Waals surface area contributed by atoms with E-state index < -0.39 is 29.7 Å². The first kappa shape index (κ1) is 27.2. The summed E-state index contributed by atoms with van der Waals surface area (Å²) in [7, 11) is 1.90. The van der Waals surface area contributed by atoms with Gasteiger partial charge in [0.2, 0.25) is 0 Å². The number of alkyl halides is 3. The van der Waals surface area contributed by atoms with Gasteiger partial charge in [0, 0.05) is 30.0 Å².